The molecule has 2 atom stereocenters. The van der Waals surface area contributed by atoms with E-state index in [1.165, 1.54) is 10.4 Å². The normalized spacial score (nSPS) is 13.6. The molecule has 2 aromatic carbocycles. The summed E-state index contributed by atoms with van der Waals surface area (Å²) in [5.41, 5.74) is 0.118. The second-order valence-corrected chi connectivity index (χ2v) is 9.46. The lowest BCUT2D eigenvalue weighted by Crippen LogP contribution is -2.37. The Labute approximate surface area is 183 Å². The van der Waals surface area contributed by atoms with Gasteiger partial charge in [-0.05, 0) is 50.2 Å². The van der Waals surface area contributed by atoms with Crippen molar-refractivity contribution < 1.29 is 13.7 Å². The SMILES string of the molecule is CC[C@@H](Nc1c(Nc2cccc(S(=O)N(C)C)c2O)c(=O)c1=O)c1cc(C(C)C)co1. The number of nitrogens with zero attached hydrogens (tertiary/aromatic N) is 1. The Morgan fingerprint density at radius 3 is 2.42 bits per heavy atom. The van der Waals surface area contributed by atoms with Crippen molar-refractivity contribution in [2.45, 2.75) is 44.0 Å². The minimum atomic E-state index is -1.57. The summed E-state index contributed by atoms with van der Waals surface area (Å²) in [7, 11) is 1.68. The number of anilines is 3. The van der Waals surface area contributed by atoms with E-state index in [4.69, 9.17) is 4.42 Å². The van der Waals surface area contributed by atoms with E-state index in [9.17, 15) is 18.9 Å². The fourth-order valence-corrected chi connectivity index (χ4v) is 4.01. The number of aromatic hydroxyl groups is 1. The van der Waals surface area contributed by atoms with Crippen LogP contribution in [0.4, 0.5) is 17.1 Å². The highest BCUT2D eigenvalue weighted by atomic mass is 32.2. The first-order chi connectivity index (χ1) is 14.6. The van der Waals surface area contributed by atoms with E-state index in [0.717, 1.165) is 5.56 Å². The van der Waals surface area contributed by atoms with Gasteiger partial charge in [-0.1, -0.05) is 26.8 Å². The van der Waals surface area contributed by atoms with Gasteiger partial charge >= 0.3 is 0 Å². The van der Waals surface area contributed by atoms with Gasteiger partial charge in [0.05, 0.1) is 22.9 Å². The van der Waals surface area contributed by atoms with E-state index in [2.05, 4.69) is 24.5 Å². The number of phenols is 1. The molecule has 0 saturated carbocycles. The minimum absolute atomic E-state index is 0.0576. The molecular weight excluding hydrogens is 418 g/mol. The molecule has 1 unspecified atom stereocenters. The number of para-hydroxylation sites is 1. The van der Waals surface area contributed by atoms with Gasteiger partial charge < -0.3 is 20.2 Å². The van der Waals surface area contributed by atoms with Crippen LogP contribution < -0.4 is 21.5 Å². The highest BCUT2D eigenvalue weighted by molar-refractivity contribution is 7.82. The zero-order chi connectivity index (χ0) is 22.9. The Kier molecular flexibility index (Phi) is 6.66. The lowest BCUT2D eigenvalue weighted by Gasteiger charge is -2.21. The molecule has 9 heteroatoms. The number of phenolic OH excluding ortho intramolecular Hbond substituents is 1. The Bertz CT molecular complexity index is 1170. The molecule has 0 aliphatic carbocycles. The third-order valence-corrected chi connectivity index (χ3v) is 6.43. The quantitative estimate of drug-likeness (QED) is 0.341. The third-order valence-electron chi connectivity index (χ3n) is 5.07. The molecular formula is C22H27N3O5S. The molecule has 0 amide bonds. The van der Waals surface area contributed by atoms with Crippen LogP contribution in [0, 0.1) is 0 Å². The van der Waals surface area contributed by atoms with E-state index in [1.807, 2.05) is 13.0 Å². The van der Waals surface area contributed by atoms with Crippen LogP contribution in [0.3, 0.4) is 0 Å². The first-order valence-corrected chi connectivity index (χ1v) is 11.1. The molecule has 0 fully saturated rings. The molecule has 1 heterocycles. The Morgan fingerprint density at radius 1 is 1.16 bits per heavy atom. The van der Waals surface area contributed by atoms with Gasteiger partial charge in [-0.15, -0.1) is 0 Å². The zero-order valence-corrected chi connectivity index (χ0v) is 19.0. The van der Waals surface area contributed by atoms with Gasteiger partial charge in [-0.25, -0.2) is 8.51 Å². The number of benzene rings is 1. The molecule has 31 heavy (non-hydrogen) atoms. The first kappa shape index (κ1) is 22.8. The van der Waals surface area contributed by atoms with Gasteiger partial charge in [0.2, 0.25) is 0 Å². The number of rotatable bonds is 9. The minimum Gasteiger partial charge on any atom is -0.505 e. The summed E-state index contributed by atoms with van der Waals surface area (Å²) >= 11 is 0. The van der Waals surface area contributed by atoms with Crippen LogP contribution >= 0.6 is 0 Å². The molecule has 0 radical (unpaired) electrons. The Morgan fingerprint density at radius 2 is 1.84 bits per heavy atom. The highest BCUT2D eigenvalue weighted by Gasteiger charge is 2.26. The van der Waals surface area contributed by atoms with Crippen molar-refractivity contribution >= 4 is 28.0 Å². The monoisotopic (exact) mass is 445 g/mol. The van der Waals surface area contributed by atoms with Crippen molar-refractivity contribution in [3.8, 4) is 5.75 Å². The van der Waals surface area contributed by atoms with Crippen molar-refractivity contribution in [3.63, 3.8) is 0 Å². The molecule has 8 nitrogen and oxygen atoms in total. The van der Waals surface area contributed by atoms with Crippen molar-refractivity contribution in [1.29, 1.82) is 0 Å². The standard InChI is InChI=1S/C22H27N3O5S/c1-6-14(16-10-13(11-30-16)12(2)3)23-18-19(22(28)21(18)27)24-15-8-7-9-17(20(15)26)31(29)25(4)5/h7-12,14,23-24,26H,6H2,1-5H3/t14-,31?/m1/s1. The summed E-state index contributed by atoms with van der Waals surface area (Å²) in [6, 6.07) is 6.34. The van der Waals surface area contributed by atoms with Crippen molar-refractivity contribution in [2.24, 2.45) is 0 Å². The fraction of sp³-hybridized carbons (Fsp3) is 0.364. The molecule has 3 N–H and O–H groups in total. The first-order valence-electron chi connectivity index (χ1n) is 10.0. The Balaban J connectivity index is 1.88. The maximum absolute atomic E-state index is 12.4. The summed E-state index contributed by atoms with van der Waals surface area (Å²) in [6.07, 6.45) is 2.33. The zero-order valence-electron chi connectivity index (χ0n) is 18.2. The molecule has 166 valence electrons. The molecule has 3 rings (SSSR count). The number of nitrogens with one attached hydrogen (secondary N) is 2. The Hall–Kier alpha value is -2.91. The predicted octanol–water partition coefficient (Wildman–Crippen LogP) is 3.60. The fourth-order valence-electron chi connectivity index (χ4n) is 3.15. The summed E-state index contributed by atoms with van der Waals surface area (Å²) in [6.45, 7) is 6.07. The second-order valence-electron chi connectivity index (χ2n) is 7.79. The summed E-state index contributed by atoms with van der Waals surface area (Å²) < 4.78 is 19.5. The van der Waals surface area contributed by atoms with Crippen LogP contribution in [0.25, 0.3) is 0 Å². The van der Waals surface area contributed by atoms with Gasteiger partial charge in [0.15, 0.2) is 5.75 Å². The van der Waals surface area contributed by atoms with Gasteiger partial charge in [0.1, 0.15) is 28.1 Å². The summed E-state index contributed by atoms with van der Waals surface area (Å²) in [5, 5.41) is 16.5. The highest BCUT2D eigenvalue weighted by Crippen LogP contribution is 2.35. The number of hydrogen-bond acceptors (Lipinski definition) is 7. The van der Waals surface area contributed by atoms with Crippen LogP contribution in [0.15, 0.2) is 49.4 Å². The van der Waals surface area contributed by atoms with Crippen molar-refractivity contribution in [1.82, 2.24) is 4.31 Å². The lowest BCUT2D eigenvalue weighted by molar-refractivity contribution is 0.461. The van der Waals surface area contributed by atoms with E-state index < -0.39 is 21.8 Å². The van der Waals surface area contributed by atoms with Gasteiger partial charge in [-0.3, -0.25) is 9.59 Å². The largest absolute Gasteiger partial charge is 0.505 e. The van der Waals surface area contributed by atoms with E-state index in [-0.39, 0.29) is 33.7 Å². The molecule has 0 bridgehead atoms. The molecule has 3 aromatic rings. The van der Waals surface area contributed by atoms with Crippen LogP contribution in [0.1, 0.15) is 50.5 Å². The van der Waals surface area contributed by atoms with Gasteiger partial charge in [0, 0.05) is 0 Å². The number of furan rings is 1. The molecule has 0 spiro atoms. The average molecular weight is 446 g/mol. The smallest absolute Gasteiger partial charge is 0.253 e. The predicted molar refractivity (Wildman–Crippen MR) is 122 cm³/mol. The third kappa shape index (κ3) is 4.42. The maximum atomic E-state index is 12.4. The van der Waals surface area contributed by atoms with Crippen LogP contribution in [-0.4, -0.2) is 27.7 Å². The van der Waals surface area contributed by atoms with Crippen LogP contribution in [0.5, 0.6) is 5.75 Å². The van der Waals surface area contributed by atoms with E-state index >= 15 is 0 Å². The summed E-state index contributed by atoms with van der Waals surface area (Å²) in [4.78, 5) is 24.7. The second kappa shape index (κ2) is 9.07. The van der Waals surface area contributed by atoms with Crippen LogP contribution in [-0.2, 0) is 11.0 Å². The molecule has 0 aliphatic rings. The average Bonchev–Trinajstić information content (AvgIpc) is 3.23. The maximum Gasteiger partial charge on any atom is 0.253 e. The van der Waals surface area contributed by atoms with Crippen molar-refractivity contribution in [3.05, 3.63) is 62.3 Å². The molecule has 0 aliphatic heterocycles. The molecule has 0 saturated heterocycles. The van der Waals surface area contributed by atoms with E-state index in [1.54, 1.807) is 32.5 Å². The topological polar surface area (TPSA) is 112 Å². The van der Waals surface area contributed by atoms with Crippen LogP contribution in [0.2, 0.25) is 0 Å². The molecule has 1 aromatic heterocycles. The van der Waals surface area contributed by atoms with Gasteiger partial charge in [-0.2, -0.15) is 0 Å². The van der Waals surface area contributed by atoms with Crippen molar-refractivity contribution in [2.75, 3.05) is 24.7 Å². The summed E-state index contributed by atoms with van der Waals surface area (Å²) in [5.74, 6) is 0.742. The van der Waals surface area contributed by atoms with E-state index in [0.29, 0.717) is 18.1 Å². The lowest BCUT2D eigenvalue weighted by atomic mass is 10.0. The number of hydrogen-bond donors (Lipinski definition) is 3. The van der Waals surface area contributed by atoms with Gasteiger partial charge in [0.25, 0.3) is 10.9 Å².